The number of nitrogens with two attached hydrogens (primary N) is 2. The molecule has 1 amide bonds. The van der Waals surface area contributed by atoms with Crippen molar-refractivity contribution in [2.75, 3.05) is 11.1 Å². The van der Waals surface area contributed by atoms with Crippen molar-refractivity contribution in [1.29, 1.82) is 0 Å². The maximum atomic E-state index is 13.0. The van der Waals surface area contributed by atoms with Crippen LogP contribution in [0, 0.1) is 0 Å². The Hall–Kier alpha value is -2.99. The number of aryl methyl sites for hydroxylation is 1. The Bertz CT molecular complexity index is 1050. The van der Waals surface area contributed by atoms with Crippen LogP contribution in [0.25, 0.3) is 10.9 Å². The molecule has 5 N–H and O–H groups in total. The molecule has 29 heavy (non-hydrogen) atoms. The first-order valence-corrected chi connectivity index (χ1v) is 10.2. The summed E-state index contributed by atoms with van der Waals surface area (Å²) in [4.78, 5) is 21.8. The van der Waals surface area contributed by atoms with Gasteiger partial charge in [-0.2, -0.15) is 0 Å². The average molecular weight is 390 g/mol. The van der Waals surface area contributed by atoms with Gasteiger partial charge in [0.25, 0.3) is 5.91 Å². The summed E-state index contributed by atoms with van der Waals surface area (Å²) < 4.78 is 0. The lowest BCUT2D eigenvalue weighted by Crippen LogP contribution is -2.27. The van der Waals surface area contributed by atoms with Crippen molar-refractivity contribution >= 4 is 28.2 Å². The molecule has 6 heteroatoms. The molecular weight excluding hydrogens is 362 g/mol. The third-order valence-corrected chi connectivity index (χ3v) is 5.79. The van der Waals surface area contributed by atoms with Crippen LogP contribution in [0.4, 0.5) is 11.4 Å². The van der Waals surface area contributed by atoms with Crippen LogP contribution in [-0.4, -0.2) is 21.9 Å². The normalized spacial score (nSPS) is 19.2. The third-order valence-electron chi connectivity index (χ3n) is 5.79. The van der Waals surface area contributed by atoms with E-state index >= 15 is 0 Å². The predicted octanol–water partition coefficient (Wildman–Crippen LogP) is 4.01. The number of nitrogen functional groups attached to an aromatic ring is 1. The van der Waals surface area contributed by atoms with Gasteiger partial charge in [-0.1, -0.05) is 25.5 Å². The number of pyridine rings is 2. The molecular formula is C23H27N5O. The van der Waals surface area contributed by atoms with Crippen molar-refractivity contribution in [1.82, 2.24) is 9.97 Å². The highest BCUT2D eigenvalue weighted by Gasteiger charge is 2.24. The minimum atomic E-state index is -0.319. The lowest BCUT2D eigenvalue weighted by Gasteiger charge is -2.28. The average Bonchev–Trinajstić information content (AvgIpc) is 2.73. The molecule has 0 aliphatic heterocycles. The van der Waals surface area contributed by atoms with E-state index in [1.807, 2.05) is 18.2 Å². The van der Waals surface area contributed by atoms with Crippen LogP contribution in [0.1, 0.15) is 60.1 Å². The van der Waals surface area contributed by atoms with Crippen molar-refractivity contribution in [3.8, 4) is 0 Å². The van der Waals surface area contributed by atoms with Gasteiger partial charge in [0.05, 0.1) is 23.1 Å². The Morgan fingerprint density at radius 2 is 2.10 bits per heavy atom. The quantitative estimate of drug-likeness (QED) is 0.625. The number of rotatable bonds is 4. The van der Waals surface area contributed by atoms with Gasteiger partial charge >= 0.3 is 0 Å². The standard InChI is InChI=1S/C23H27N5O/c1-2-14-6-7-16-12-19(25)22(27-20(16)10-14)23(29)28-21-13-26-9-8-18(21)15-4-3-5-17(24)11-15/h6-10,12-13,15,17H,2-5,11,24-25H2,1H3,(H,28,29)/t15?,17-/m1/s1. The summed E-state index contributed by atoms with van der Waals surface area (Å²) in [5, 5.41) is 3.91. The van der Waals surface area contributed by atoms with Crippen LogP contribution in [0.3, 0.4) is 0 Å². The van der Waals surface area contributed by atoms with E-state index in [0.717, 1.165) is 48.6 Å². The van der Waals surface area contributed by atoms with Crippen LogP contribution < -0.4 is 16.8 Å². The van der Waals surface area contributed by atoms with E-state index in [2.05, 4.69) is 28.3 Å². The van der Waals surface area contributed by atoms with E-state index in [1.165, 1.54) is 5.56 Å². The van der Waals surface area contributed by atoms with E-state index in [0.29, 0.717) is 17.3 Å². The molecule has 4 rings (SSSR count). The Morgan fingerprint density at radius 1 is 1.24 bits per heavy atom. The second-order valence-electron chi connectivity index (χ2n) is 7.85. The first-order chi connectivity index (χ1) is 14.0. The molecule has 2 aromatic heterocycles. The summed E-state index contributed by atoms with van der Waals surface area (Å²) in [6, 6.07) is 10.0. The largest absolute Gasteiger partial charge is 0.397 e. The van der Waals surface area contributed by atoms with Crippen LogP contribution in [0.2, 0.25) is 0 Å². The van der Waals surface area contributed by atoms with E-state index < -0.39 is 0 Å². The smallest absolute Gasteiger partial charge is 0.276 e. The van der Waals surface area contributed by atoms with E-state index in [1.54, 1.807) is 18.5 Å². The summed E-state index contributed by atoms with van der Waals surface area (Å²) in [5.41, 5.74) is 16.7. The molecule has 3 aromatic rings. The first kappa shape index (κ1) is 19.3. The number of fused-ring (bicyclic) bond motifs is 1. The summed E-state index contributed by atoms with van der Waals surface area (Å²) in [6.45, 7) is 2.09. The van der Waals surface area contributed by atoms with Gasteiger partial charge in [0.2, 0.25) is 0 Å². The molecule has 0 saturated heterocycles. The monoisotopic (exact) mass is 389 g/mol. The Balaban J connectivity index is 1.64. The molecule has 1 aliphatic rings. The fraction of sp³-hybridized carbons (Fsp3) is 0.348. The summed E-state index contributed by atoms with van der Waals surface area (Å²) >= 11 is 0. The molecule has 2 atom stereocenters. The number of hydrogen-bond donors (Lipinski definition) is 3. The van der Waals surface area contributed by atoms with Crippen molar-refractivity contribution < 1.29 is 4.79 Å². The number of carbonyl (C=O) groups is 1. The van der Waals surface area contributed by atoms with Crippen LogP contribution in [0.15, 0.2) is 42.7 Å². The minimum absolute atomic E-state index is 0.205. The van der Waals surface area contributed by atoms with Crippen molar-refractivity contribution in [3.05, 3.63) is 59.5 Å². The topological polar surface area (TPSA) is 107 Å². The molecule has 1 aromatic carbocycles. The van der Waals surface area contributed by atoms with Gasteiger partial charge in [-0.05, 0) is 60.9 Å². The lowest BCUT2D eigenvalue weighted by molar-refractivity contribution is 0.102. The highest BCUT2D eigenvalue weighted by molar-refractivity contribution is 6.08. The number of hydrogen-bond acceptors (Lipinski definition) is 5. The molecule has 2 heterocycles. The number of aromatic nitrogens is 2. The molecule has 0 radical (unpaired) electrons. The zero-order valence-electron chi connectivity index (χ0n) is 16.7. The zero-order chi connectivity index (χ0) is 20.4. The minimum Gasteiger partial charge on any atom is -0.397 e. The maximum absolute atomic E-state index is 13.0. The number of carbonyl (C=O) groups excluding carboxylic acids is 1. The first-order valence-electron chi connectivity index (χ1n) is 10.2. The van der Waals surface area contributed by atoms with E-state index in [-0.39, 0.29) is 17.6 Å². The fourth-order valence-electron chi connectivity index (χ4n) is 4.19. The third kappa shape index (κ3) is 4.07. The Morgan fingerprint density at radius 3 is 2.90 bits per heavy atom. The summed E-state index contributed by atoms with van der Waals surface area (Å²) in [5.74, 6) is 0.00623. The highest BCUT2D eigenvalue weighted by Crippen LogP contribution is 2.36. The SMILES string of the molecule is CCc1ccc2cc(N)c(C(=O)Nc3cnccc3C3CCC[C@@H](N)C3)nc2c1. The number of benzene rings is 1. The predicted molar refractivity (Wildman–Crippen MR) is 117 cm³/mol. The lowest BCUT2D eigenvalue weighted by atomic mass is 9.81. The van der Waals surface area contributed by atoms with Crippen LogP contribution in [-0.2, 0) is 6.42 Å². The summed E-state index contributed by atoms with van der Waals surface area (Å²) in [7, 11) is 0. The van der Waals surface area contributed by atoms with Crippen molar-refractivity contribution in [3.63, 3.8) is 0 Å². The molecule has 6 nitrogen and oxygen atoms in total. The Labute approximate surface area is 170 Å². The summed E-state index contributed by atoms with van der Waals surface area (Å²) in [6.07, 6.45) is 8.51. The van der Waals surface area contributed by atoms with Crippen LogP contribution in [0.5, 0.6) is 0 Å². The van der Waals surface area contributed by atoms with Gasteiger partial charge in [-0.25, -0.2) is 4.98 Å². The van der Waals surface area contributed by atoms with Gasteiger partial charge in [-0.15, -0.1) is 0 Å². The van der Waals surface area contributed by atoms with E-state index in [4.69, 9.17) is 11.5 Å². The van der Waals surface area contributed by atoms with Crippen molar-refractivity contribution in [2.45, 2.75) is 51.0 Å². The van der Waals surface area contributed by atoms with Gasteiger partial charge in [-0.3, -0.25) is 9.78 Å². The number of nitrogens with zero attached hydrogens (tertiary/aromatic N) is 2. The fourth-order valence-corrected chi connectivity index (χ4v) is 4.19. The zero-order valence-corrected chi connectivity index (χ0v) is 16.7. The van der Waals surface area contributed by atoms with Gasteiger partial charge in [0.15, 0.2) is 5.69 Å². The molecule has 1 fully saturated rings. The molecule has 1 aliphatic carbocycles. The maximum Gasteiger partial charge on any atom is 0.276 e. The molecule has 0 spiro atoms. The number of anilines is 2. The van der Waals surface area contributed by atoms with Gasteiger partial charge < -0.3 is 16.8 Å². The number of nitrogens with one attached hydrogen (secondary N) is 1. The Kier molecular flexibility index (Phi) is 5.45. The molecule has 150 valence electrons. The number of amides is 1. The molecule has 1 unspecified atom stereocenters. The van der Waals surface area contributed by atoms with Crippen molar-refractivity contribution in [2.24, 2.45) is 5.73 Å². The molecule has 0 bridgehead atoms. The molecule has 1 saturated carbocycles. The van der Waals surface area contributed by atoms with E-state index in [9.17, 15) is 4.79 Å². The second-order valence-corrected chi connectivity index (χ2v) is 7.85. The van der Waals surface area contributed by atoms with Gasteiger partial charge in [0, 0.05) is 17.6 Å². The van der Waals surface area contributed by atoms with Gasteiger partial charge in [0.1, 0.15) is 0 Å². The highest BCUT2D eigenvalue weighted by atomic mass is 16.1. The van der Waals surface area contributed by atoms with Crippen LogP contribution >= 0.6 is 0 Å². The second kappa shape index (κ2) is 8.17.